The van der Waals surface area contributed by atoms with Crippen molar-refractivity contribution in [1.82, 2.24) is 10.3 Å². The van der Waals surface area contributed by atoms with Crippen molar-refractivity contribution in [2.75, 3.05) is 12.3 Å². The zero-order valence-corrected chi connectivity index (χ0v) is 12.7. The lowest BCUT2D eigenvalue weighted by atomic mass is 9.99. The number of rotatable bonds is 5. The molecule has 0 aliphatic rings. The van der Waals surface area contributed by atoms with E-state index in [0.717, 1.165) is 23.6 Å². The standard InChI is InChI=1S/C15H17Cl2N3/c1-2-19-14(7-10-3-5-11(16)6-4-10)13-8-12(17)9-20-15(13)18/h3-6,8-9,14,19H,2,7H2,1H3,(H2,18,20). The zero-order chi connectivity index (χ0) is 14.5. The minimum absolute atomic E-state index is 0.0763. The van der Waals surface area contributed by atoms with Gasteiger partial charge in [0.2, 0.25) is 0 Å². The van der Waals surface area contributed by atoms with Crippen molar-refractivity contribution in [3.8, 4) is 0 Å². The minimum Gasteiger partial charge on any atom is -0.383 e. The Balaban J connectivity index is 2.26. The second-order valence-corrected chi connectivity index (χ2v) is 5.44. The Hall–Kier alpha value is -1.29. The van der Waals surface area contributed by atoms with Crippen LogP contribution >= 0.6 is 23.2 Å². The van der Waals surface area contributed by atoms with E-state index in [1.54, 1.807) is 6.20 Å². The molecule has 0 radical (unpaired) electrons. The molecule has 1 atom stereocenters. The zero-order valence-electron chi connectivity index (χ0n) is 11.2. The summed E-state index contributed by atoms with van der Waals surface area (Å²) in [7, 11) is 0. The summed E-state index contributed by atoms with van der Waals surface area (Å²) in [4.78, 5) is 4.12. The first-order valence-electron chi connectivity index (χ1n) is 6.49. The van der Waals surface area contributed by atoms with E-state index >= 15 is 0 Å². The van der Waals surface area contributed by atoms with Crippen LogP contribution in [0.4, 0.5) is 5.82 Å². The number of likely N-dealkylation sites (N-methyl/N-ethyl adjacent to an activating group) is 1. The van der Waals surface area contributed by atoms with Gasteiger partial charge in [0.05, 0.1) is 5.02 Å². The lowest BCUT2D eigenvalue weighted by molar-refractivity contribution is 0.550. The Kier molecular flexibility index (Phi) is 5.24. The first-order valence-corrected chi connectivity index (χ1v) is 7.24. The number of benzene rings is 1. The Morgan fingerprint density at radius 1 is 1.20 bits per heavy atom. The third-order valence-electron chi connectivity index (χ3n) is 3.10. The van der Waals surface area contributed by atoms with Crippen molar-refractivity contribution in [1.29, 1.82) is 0 Å². The molecule has 2 rings (SSSR count). The second kappa shape index (κ2) is 6.93. The maximum Gasteiger partial charge on any atom is 0.128 e. The van der Waals surface area contributed by atoms with Gasteiger partial charge >= 0.3 is 0 Å². The molecule has 3 nitrogen and oxygen atoms in total. The van der Waals surface area contributed by atoms with Crippen LogP contribution in [0, 0.1) is 0 Å². The Labute approximate surface area is 129 Å². The highest BCUT2D eigenvalue weighted by atomic mass is 35.5. The van der Waals surface area contributed by atoms with E-state index in [1.807, 2.05) is 30.3 Å². The fraction of sp³-hybridized carbons (Fsp3) is 0.267. The summed E-state index contributed by atoms with van der Waals surface area (Å²) >= 11 is 11.9. The maximum atomic E-state index is 6.02. The molecule has 106 valence electrons. The summed E-state index contributed by atoms with van der Waals surface area (Å²) in [6.45, 7) is 2.90. The van der Waals surface area contributed by atoms with Gasteiger partial charge in [0.15, 0.2) is 0 Å². The van der Waals surface area contributed by atoms with E-state index in [-0.39, 0.29) is 6.04 Å². The minimum atomic E-state index is 0.0763. The normalized spacial score (nSPS) is 12.3. The van der Waals surface area contributed by atoms with Crippen LogP contribution in [-0.4, -0.2) is 11.5 Å². The number of hydrogen-bond donors (Lipinski definition) is 2. The summed E-state index contributed by atoms with van der Waals surface area (Å²) in [6, 6.07) is 9.75. The Bertz CT molecular complexity index is 570. The molecule has 0 bridgehead atoms. The van der Waals surface area contributed by atoms with Crippen molar-refractivity contribution in [2.24, 2.45) is 0 Å². The van der Waals surface area contributed by atoms with Crippen LogP contribution in [0.1, 0.15) is 24.1 Å². The molecule has 0 amide bonds. The molecule has 2 aromatic rings. The van der Waals surface area contributed by atoms with Crippen LogP contribution in [0.2, 0.25) is 10.0 Å². The van der Waals surface area contributed by atoms with Crippen LogP contribution in [0.25, 0.3) is 0 Å². The number of nitrogens with one attached hydrogen (secondary N) is 1. The summed E-state index contributed by atoms with van der Waals surface area (Å²) in [5, 5.41) is 4.74. The molecule has 1 heterocycles. The van der Waals surface area contributed by atoms with E-state index in [2.05, 4.69) is 17.2 Å². The van der Waals surface area contributed by atoms with Crippen LogP contribution in [0.5, 0.6) is 0 Å². The highest BCUT2D eigenvalue weighted by Crippen LogP contribution is 2.25. The predicted octanol–water partition coefficient (Wildman–Crippen LogP) is 3.86. The molecule has 0 aliphatic heterocycles. The molecule has 1 aromatic heterocycles. The van der Waals surface area contributed by atoms with Crippen molar-refractivity contribution < 1.29 is 0 Å². The van der Waals surface area contributed by atoms with Gasteiger partial charge in [-0.3, -0.25) is 0 Å². The maximum absolute atomic E-state index is 6.02. The molecule has 3 N–H and O–H groups in total. The molecule has 1 aromatic carbocycles. The Morgan fingerprint density at radius 2 is 1.90 bits per heavy atom. The highest BCUT2D eigenvalue weighted by Gasteiger charge is 2.15. The number of nitrogens with two attached hydrogens (primary N) is 1. The first-order chi connectivity index (χ1) is 9.60. The number of aromatic nitrogens is 1. The third kappa shape index (κ3) is 3.85. The number of pyridine rings is 1. The topological polar surface area (TPSA) is 50.9 Å². The average molecular weight is 310 g/mol. The van der Waals surface area contributed by atoms with Gasteiger partial charge in [-0.05, 0) is 36.7 Å². The third-order valence-corrected chi connectivity index (χ3v) is 3.55. The van der Waals surface area contributed by atoms with E-state index in [9.17, 15) is 0 Å². The van der Waals surface area contributed by atoms with E-state index in [4.69, 9.17) is 28.9 Å². The van der Waals surface area contributed by atoms with Gasteiger partial charge in [-0.15, -0.1) is 0 Å². The monoisotopic (exact) mass is 309 g/mol. The molecule has 0 saturated carbocycles. The van der Waals surface area contributed by atoms with Crippen molar-refractivity contribution >= 4 is 29.0 Å². The van der Waals surface area contributed by atoms with Gasteiger partial charge in [0, 0.05) is 22.8 Å². The summed E-state index contributed by atoms with van der Waals surface area (Å²) in [6.07, 6.45) is 2.36. The lowest BCUT2D eigenvalue weighted by Crippen LogP contribution is -2.24. The predicted molar refractivity (Wildman–Crippen MR) is 85.2 cm³/mol. The molecular formula is C15H17Cl2N3. The van der Waals surface area contributed by atoms with Crippen LogP contribution in [0.15, 0.2) is 36.5 Å². The largest absolute Gasteiger partial charge is 0.383 e. The fourth-order valence-corrected chi connectivity index (χ4v) is 2.43. The van der Waals surface area contributed by atoms with Gasteiger partial charge in [0.25, 0.3) is 0 Å². The van der Waals surface area contributed by atoms with E-state index in [0.29, 0.717) is 10.8 Å². The number of anilines is 1. The molecule has 0 fully saturated rings. The van der Waals surface area contributed by atoms with Crippen LogP contribution in [-0.2, 0) is 6.42 Å². The SMILES string of the molecule is CCNC(Cc1ccc(Cl)cc1)c1cc(Cl)cnc1N. The molecule has 0 saturated heterocycles. The van der Waals surface area contributed by atoms with E-state index < -0.39 is 0 Å². The molecule has 0 aliphatic carbocycles. The number of nitrogens with zero attached hydrogens (tertiary/aromatic N) is 1. The Morgan fingerprint density at radius 3 is 2.55 bits per heavy atom. The molecule has 20 heavy (non-hydrogen) atoms. The smallest absolute Gasteiger partial charge is 0.128 e. The number of halogens is 2. The van der Waals surface area contributed by atoms with Gasteiger partial charge in [-0.25, -0.2) is 4.98 Å². The summed E-state index contributed by atoms with van der Waals surface area (Å²) in [5.41, 5.74) is 8.07. The fourth-order valence-electron chi connectivity index (χ4n) is 2.14. The quantitative estimate of drug-likeness (QED) is 0.881. The van der Waals surface area contributed by atoms with Crippen LogP contribution in [0.3, 0.4) is 0 Å². The number of hydrogen-bond acceptors (Lipinski definition) is 3. The van der Waals surface area contributed by atoms with Gasteiger partial charge < -0.3 is 11.1 Å². The van der Waals surface area contributed by atoms with E-state index in [1.165, 1.54) is 5.56 Å². The molecule has 0 spiro atoms. The van der Waals surface area contributed by atoms with Gasteiger partial charge in [0.1, 0.15) is 5.82 Å². The van der Waals surface area contributed by atoms with Crippen molar-refractivity contribution in [3.63, 3.8) is 0 Å². The first kappa shape index (κ1) is 15.1. The molecule has 5 heteroatoms. The van der Waals surface area contributed by atoms with Gasteiger partial charge in [-0.2, -0.15) is 0 Å². The van der Waals surface area contributed by atoms with Crippen molar-refractivity contribution in [2.45, 2.75) is 19.4 Å². The second-order valence-electron chi connectivity index (χ2n) is 4.57. The summed E-state index contributed by atoms with van der Waals surface area (Å²) in [5.74, 6) is 0.509. The van der Waals surface area contributed by atoms with Crippen molar-refractivity contribution in [3.05, 3.63) is 57.7 Å². The molecular weight excluding hydrogens is 293 g/mol. The highest BCUT2D eigenvalue weighted by molar-refractivity contribution is 6.30. The summed E-state index contributed by atoms with van der Waals surface area (Å²) < 4.78 is 0. The van der Waals surface area contributed by atoms with Crippen LogP contribution < -0.4 is 11.1 Å². The number of nitrogen functional groups attached to an aromatic ring is 1. The molecule has 1 unspecified atom stereocenters. The average Bonchev–Trinajstić information content (AvgIpc) is 2.43. The lowest BCUT2D eigenvalue weighted by Gasteiger charge is -2.20. The van der Waals surface area contributed by atoms with Gasteiger partial charge in [-0.1, -0.05) is 42.3 Å².